The van der Waals surface area contributed by atoms with E-state index in [0.717, 1.165) is 10.9 Å². The number of pyridine rings is 1. The number of nitrogen functional groups attached to an aromatic ring is 1. The van der Waals surface area contributed by atoms with Gasteiger partial charge in [0.05, 0.1) is 20.1 Å². The van der Waals surface area contributed by atoms with Gasteiger partial charge in [-0.3, -0.25) is 0 Å². The summed E-state index contributed by atoms with van der Waals surface area (Å²) in [5.41, 5.74) is 6.45. The molecule has 0 spiro atoms. The lowest BCUT2D eigenvalue weighted by atomic mass is 10.1. The van der Waals surface area contributed by atoms with E-state index in [1.807, 2.05) is 0 Å². The summed E-state index contributed by atoms with van der Waals surface area (Å²) in [5.74, 6) is -3.48. The highest BCUT2D eigenvalue weighted by molar-refractivity contribution is 6.06. The van der Waals surface area contributed by atoms with Gasteiger partial charge in [0.2, 0.25) is 0 Å². The van der Waals surface area contributed by atoms with Crippen LogP contribution in [-0.2, 0) is 6.50 Å². The number of hydrogen-bond donors (Lipinski definition) is 1. The molecular formula is C14H16N4. The molecule has 0 aliphatic heterocycles. The molecule has 0 amide bonds. The zero-order valence-electron chi connectivity index (χ0n) is 18.3. The Kier molecular flexibility index (Phi) is 1.08. The fraction of sp³-hybridized carbons (Fsp3) is 0.286. The quantitative estimate of drug-likeness (QED) is 0.759. The number of benzene rings is 1. The molecule has 4 heteroatoms. The lowest BCUT2D eigenvalue weighted by molar-refractivity contribution is 0.533. The zero-order valence-corrected chi connectivity index (χ0v) is 9.31. The fourth-order valence-electron chi connectivity index (χ4n) is 1.95. The van der Waals surface area contributed by atoms with Crippen molar-refractivity contribution in [3.63, 3.8) is 0 Å². The first-order chi connectivity index (χ1) is 12.2. The topological polar surface area (TPSA) is 56.7 Å². The third kappa shape index (κ3) is 1.61. The molecule has 2 aromatic heterocycles. The maximum absolute atomic E-state index is 8.40. The Bertz CT molecular complexity index is 1010. The molecule has 2 heterocycles. The van der Waals surface area contributed by atoms with Gasteiger partial charge in [0.1, 0.15) is 5.52 Å². The number of nitrogens with zero attached hydrogens (tertiary/aromatic N) is 3. The van der Waals surface area contributed by atoms with Gasteiger partial charge in [-0.1, -0.05) is 31.9 Å². The van der Waals surface area contributed by atoms with Gasteiger partial charge in [-0.2, -0.15) is 0 Å². The lowest BCUT2D eigenvalue weighted by Gasteiger charge is -2.09. The summed E-state index contributed by atoms with van der Waals surface area (Å²) in [5, 5.41) is 0.404. The number of fused-ring (bicyclic) bond motifs is 3. The fourth-order valence-corrected chi connectivity index (χ4v) is 1.95. The highest BCUT2D eigenvalue weighted by Gasteiger charge is 2.12. The molecule has 0 saturated heterocycles. The van der Waals surface area contributed by atoms with Gasteiger partial charge in [-0.15, -0.1) is 0 Å². The predicted molar refractivity (Wildman–Crippen MR) is 74.3 cm³/mol. The van der Waals surface area contributed by atoms with Crippen LogP contribution >= 0.6 is 0 Å². The van der Waals surface area contributed by atoms with Crippen LogP contribution < -0.4 is 5.73 Å². The van der Waals surface area contributed by atoms with Crippen molar-refractivity contribution in [3.05, 3.63) is 30.6 Å². The SMILES string of the molecule is [2H]C([2H])([2H])C([2H])(C([2H])([2H])[2H])C([2H])([2H])n1cnc2c(N)nc3ccccc3c21. The standard InChI is InChI=1S/C14H16N4/c1-9(2)7-18-8-16-12-13(18)10-5-3-4-6-11(10)17-14(12)15/h3-6,8-9H,7H2,1-2H3,(H2,15,17)/i1D3,2D3,7D2,9D. The molecule has 0 radical (unpaired) electrons. The molecule has 0 fully saturated rings. The van der Waals surface area contributed by atoms with Crippen LogP contribution in [0.2, 0.25) is 0 Å². The molecular weight excluding hydrogens is 224 g/mol. The van der Waals surface area contributed by atoms with Crippen LogP contribution in [0.5, 0.6) is 0 Å². The molecule has 3 aromatic rings. The van der Waals surface area contributed by atoms with Gasteiger partial charge in [0.15, 0.2) is 5.82 Å². The van der Waals surface area contributed by atoms with Crippen molar-refractivity contribution in [3.8, 4) is 0 Å². The van der Waals surface area contributed by atoms with Crippen molar-refractivity contribution in [2.45, 2.75) is 20.2 Å². The summed E-state index contributed by atoms with van der Waals surface area (Å²) in [6, 6.07) is 6.58. The number of rotatable bonds is 2. The molecule has 92 valence electrons. The third-order valence-corrected chi connectivity index (χ3v) is 2.64. The average molecular weight is 249 g/mol. The minimum Gasteiger partial charge on any atom is -0.382 e. The molecule has 0 aliphatic carbocycles. The molecule has 0 atom stereocenters. The molecule has 18 heavy (non-hydrogen) atoms. The van der Waals surface area contributed by atoms with Crippen LogP contribution in [-0.4, -0.2) is 14.5 Å². The first-order valence-corrected chi connectivity index (χ1v) is 5.25. The maximum Gasteiger partial charge on any atom is 0.152 e. The van der Waals surface area contributed by atoms with Gasteiger partial charge in [0.25, 0.3) is 0 Å². The first-order valence-electron chi connectivity index (χ1n) is 9.75. The summed E-state index contributed by atoms with van der Waals surface area (Å²) in [6.07, 6.45) is 0.954. The highest BCUT2D eigenvalue weighted by Crippen LogP contribution is 2.27. The molecule has 0 bridgehead atoms. The zero-order chi connectivity index (χ0) is 20.4. The Balaban J connectivity index is 2.44. The van der Waals surface area contributed by atoms with Crippen LogP contribution in [0.4, 0.5) is 5.82 Å². The van der Waals surface area contributed by atoms with E-state index in [4.69, 9.17) is 18.1 Å². The Hall–Kier alpha value is -2.10. The van der Waals surface area contributed by atoms with Crippen molar-refractivity contribution in [1.82, 2.24) is 14.5 Å². The van der Waals surface area contributed by atoms with Crippen molar-refractivity contribution < 1.29 is 12.3 Å². The van der Waals surface area contributed by atoms with Gasteiger partial charge in [-0.05, 0) is 12.0 Å². The van der Waals surface area contributed by atoms with Crippen molar-refractivity contribution in [1.29, 1.82) is 0 Å². The van der Waals surface area contributed by atoms with Gasteiger partial charge in [-0.25, -0.2) is 9.97 Å². The number of aromatic nitrogens is 3. The number of hydrogen-bond acceptors (Lipinski definition) is 3. The van der Waals surface area contributed by atoms with Crippen LogP contribution in [0.3, 0.4) is 0 Å². The van der Waals surface area contributed by atoms with Crippen LogP contribution in [0.1, 0.15) is 26.0 Å². The molecule has 3 rings (SSSR count). The van der Waals surface area contributed by atoms with Gasteiger partial charge >= 0.3 is 0 Å². The number of imidazole rings is 1. The average Bonchev–Trinajstić information content (AvgIpc) is 2.98. The first kappa shape index (κ1) is 4.88. The van der Waals surface area contributed by atoms with Crippen LogP contribution in [0.25, 0.3) is 21.9 Å². The van der Waals surface area contributed by atoms with E-state index in [9.17, 15) is 0 Å². The summed E-state index contributed by atoms with van der Waals surface area (Å²) in [4.78, 5) is 8.17. The minimum absolute atomic E-state index is 0.0170. The van der Waals surface area contributed by atoms with Crippen LogP contribution in [0, 0.1) is 5.89 Å². The smallest absolute Gasteiger partial charge is 0.152 e. The number of anilines is 1. The van der Waals surface area contributed by atoms with E-state index in [0.29, 0.717) is 10.9 Å². The van der Waals surface area contributed by atoms with E-state index in [2.05, 4.69) is 9.97 Å². The Labute approximate surface area is 118 Å². The third-order valence-electron chi connectivity index (χ3n) is 2.64. The molecule has 0 unspecified atom stereocenters. The van der Waals surface area contributed by atoms with Gasteiger partial charge < -0.3 is 10.3 Å². The molecule has 1 aromatic carbocycles. The molecule has 2 N–H and O–H groups in total. The van der Waals surface area contributed by atoms with Crippen molar-refractivity contribution in [2.24, 2.45) is 5.89 Å². The lowest BCUT2D eigenvalue weighted by Crippen LogP contribution is -2.03. The van der Waals surface area contributed by atoms with Crippen molar-refractivity contribution >= 4 is 27.8 Å². The Morgan fingerprint density at radius 3 is 3.17 bits per heavy atom. The number of para-hydroxylation sites is 1. The minimum atomic E-state index is -3.46. The summed E-state index contributed by atoms with van der Waals surface area (Å²) in [6.45, 7) is -10.1. The largest absolute Gasteiger partial charge is 0.382 e. The summed E-state index contributed by atoms with van der Waals surface area (Å²) in [7, 11) is 0. The molecule has 0 saturated carbocycles. The highest BCUT2D eigenvalue weighted by atomic mass is 15.1. The van der Waals surface area contributed by atoms with E-state index in [1.165, 1.54) is 0 Å². The maximum atomic E-state index is 8.40. The number of nitrogens with two attached hydrogens (primary N) is 1. The normalized spacial score (nSPS) is 21.9. The van der Waals surface area contributed by atoms with E-state index < -0.39 is 26.1 Å². The van der Waals surface area contributed by atoms with Crippen molar-refractivity contribution in [2.75, 3.05) is 5.73 Å². The molecule has 0 aliphatic rings. The second-order valence-corrected chi connectivity index (χ2v) is 3.81. The Morgan fingerprint density at radius 2 is 2.33 bits per heavy atom. The summed E-state index contributed by atoms with van der Waals surface area (Å²) < 4.78 is 71.3. The Morgan fingerprint density at radius 1 is 1.50 bits per heavy atom. The second kappa shape index (κ2) is 3.98. The monoisotopic (exact) mass is 249 g/mol. The van der Waals surface area contributed by atoms with E-state index >= 15 is 0 Å². The molecule has 4 nitrogen and oxygen atoms in total. The summed E-state index contributed by atoms with van der Waals surface area (Å²) >= 11 is 0. The van der Waals surface area contributed by atoms with Gasteiger partial charge in [0, 0.05) is 21.5 Å². The predicted octanol–water partition coefficient (Wildman–Crippen LogP) is 2.82. The van der Waals surface area contributed by atoms with E-state index in [1.54, 1.807) is 24.3 Å². The second-order valence-electron chi connectivity index (χ2n) is 3.81. The van der Waals surface area contributed by atoms with E-state index in [-0.39, 0.29) is 16.9 Å². The van der Waals surface area contributed by atoms with Crippen LogP contribution in [0.15, 0.2) is 30.6 Å².